The van der Waals surface area contributed by atoms with Gasteiger partial charge in [0, 0.05) is 5.92 Å². The van der Waals surface area contributed by atoms with Crippen molar-refractivity contribution in [3.05, 3.63) is 0 Å². The molecule has 0 heterocycles. The lowest BCUT2D eigenvalue weighted by molar-refractivity contribution is -0.110. The Morgan fingerprint density at radius 2 is 1.90 bits per heavy atom. The third-order valence-corrected chi connectivity index (χ3v) is 1.25. The number of hydrogen-bond acceptors (Lipinski definition) is 1. The van der Waals surface area contributed by atoms with Gasteiger partial charge in [0.1, 0.15) is 6.29 Å². The van der Waals surface area contributed by atoms with Gasteiger partial charge in [0.25, 0.3) is 0 Å². The van der Waals surface area contributed by atoms with Gasteiger partial charge in [-0.15, -0.1) is 0 Å². The largest absolute Gasteiger partial charge is 0.303 e. The first-order valence-electron chi connectivity index (χ1n) is 4.26. The van der Waals surface area contributed by atoms with Crippen LogP contribution in [0.25, 0.3) is 0 Å². The predicted octanol–water partition coefficient (Wildman–Crippen LogP) is 3.04. The molecule has 0 aliphatic rings. The van der Waals surface area contributed by atoms with Crippen molar-refractivity contribution in [2.24, 2.45) is 5.92 Å². The molecule has 0 rings (SSSR count). The van der Waals surface area contributed by atoms with E-state index in [4.69, 9.17) is 0 Å². The first kappa shape index (κ1) is 12.4. The van der Waals surface area contributed by atoms with Crippen molar-refractivity contribution in [2.45, 2.75) is 47.0 Å². The van der Waals surface area contributed by atoms with Crippen LogP contribution in [0.4, 0.5) is 0 Å². The fourth-order valence-electron chi connectivity index (χ4n) is 0.594. The molecule has 0 aliphatic carbocycles. The van der Waals surface area contributed by atoms with Crippen molar-refractivity contribution >= 4 is 6.29 Å². The minimum Gasteiger partial charge on any atom is -0.303 e. The van der Waals surface area contributed by atoms with Gasteiger partial charge in [-0.25, -0.2) is 0 Å². The van der Waals surface area contributed by atoms with E-state index < -0.39 is 0 Å². The standard InChI is InChI=1S/C7H14O.C2H6/c1-3-4-5-7(2)6-8;1-2/h6-7H,3-5H2,1-2H3;1-2H3/t7-;/m1./s1. The molecule has 0 unspecified atom stereocenters. The van der Waals surface area contributed by atoms with E-state index in [-0.39, 0.29) is 5.92 Å². The Bertz CT molecular complexity index is 59.7. The van der Waals surface area contributed by atoms with Gasteiger partial charge in [-0.05, 0) is 6.42 Å². The lowest BCUT2D eigenvalue weighted by Gasteiger charge is -1.97. The zero-order valence-corrected chi connectivity index (χ0v) is 7.68. The summed E-state index contributed by atoms with van der Waals surface area (Å²) in [6.45, 7) is 8.10. The van der Waals surface area contributed by atoms with E-state index in [0.29, 0.717) is 0 Å². The van der Waals surface area contributed by atoms with Crippen LogP contribution in [-0.4, -0.2) is 6.29 Å². The normalized spacial score (nSPS) is 11.2. The molecule has 0 bridgehead atoms. The van der Waals surface area contributed by atoms with E-state index in [9.17, 15) is 4.79 Å². The lowest BCUT2D eigenvalue weighted by atomic mass is 10.1. The highest BCUT2D eigenvalue weighted by molar-refractivity contribution is 5.52. The van der Waals surface area contributed by atoms with Gasteiger partial charge in [0.15, 0.2) is 0 Å². The summed E-state index contributed by atoms with van der Waals surface area (Å²) in [6, 6.07) is 0. The molecule has 0 fully saturated rings. The summed E-state index contributed by atoms with van der Waals surface area (Å²) in [5.74, 6) is 0.273. The molecule has 0 radical (unpaired) electrons. The topological polar surface area (TPSA) is 17.1 Å². The van der Waals surface area contributed by atoms with Crippen molar-refractivity contribution in [2.75, 3.05) is 0 Å². The molecule has 0 amide bonds. The Kier molecular flexibility index (Phi) is 14.2. The van der Waals surface area contributed by atoms with Crippen molar-refractivity contribution in [3.8, 4) is 0 Å². The minimum absolute atomic E-state index is 0.273. The van der Waals surface area contributed by atoms with Gasteiger partial charge in [0.05, 0.1) is 0 Å². The quantitative estimate of drug-likeness (QED) is 0.554. The number of carbonyl (C=O) groups is 1. The van der Waals surface area contributed by atoms with Crippen molar-refractivity contribution in [1.29, 1.82) is 0 Å². The number of carbonyl (C=O) groups excluding carboxylic acids is 1. The third-order valence-electron chi connectivity index (χ3n) is 1.25. The van der Waals surface area contributed by atoms with E-state index in [1.807, 2.05) is 20.8 Å². The van der Waals surface area contributed by atoms with Crippen LogP contribution in [0.3, 0.4) is 0 Å². The Balaban J connectivity index is 0. The van der Waals surface area contributed by atoms with Gasteiger partial charge < -0.3 is 4.79 Å². The molecule has 0 aromatic heterocycles. The van der Waals surface area contributed by atoms with Crippen LogP contribution in [0.15, 0.2) is 0 Å². The SMILES string of the molecule is CC.CCCC[C@@H](C)C=O. The highest BCUT2D eigenvalue weighted by atomic mass is 16.1. The molecule has 0 aromatic rings. The van der Waals surface area contributed by atoms with Gasteiger partial charge >= 0.3 is 0 Å². The molecule has 1 heteroatoms. The van der Waals surface area contributed by atoms with Crippen LogP contribution in [0.1, 0.15) is 47.0 Å². The second-order valence-electron chi connectivity index (χ2n) is 2.26. The van der Waals surface area contributed by atoms with Gasteiger partial charge in [-0.2, -0.15) is 0 Å². The second-order valence-corrected chi connectivity index (χ2v) is 2.26. The van der Waals surface area contributed by atoms with Crippen LogP contribution >= 0.6 is 0 Å². The van der Waals surface area contributed by atoms with Crippen LogP contribution < -0.4 is 0 Å². The molecule has 0 aromatic carbocycles. The van der Waals surface area contributed by atoms with Crippen LogP contribution in [0, 0.1) is 5.92 Å². The third kappa shape index (κ3) is 10.6. The summed E-state index contributed by atoms with van der Waals surface area (Å²) in [6.07, 6.45) is 4.45. The molecule has 0 saturated carbocycles. The Hall–Kier alpha value is -0.330. The van der Waals surface area contributed by atoms with Crippen LogP contribution in [0.5, 0.6) is 0 Å². The number of aldehydes is 1. The minimum atomic E-state index is 0.273. The second kappa shape index (κ2) is 11.5. The van der Waals surface area contributed by atoms with Gasteiger partial charge in [-0.1, -0.05) is 40.5 Å². The van der Waals surface area contributed by atoms with Gasteiger partial charge in [-0.3, -0.25) is 0 Å². The Morgan fingerprint density at radius 3 is 2.20 bits per heavy atom. The lowest BCUT2D eigenvalue weighted by Crippen LogP contribution is -1.93. The number of rotatable bonds is 4. The molecule has 0 N–H and O–H groups in total. The highest BCUT2D eigenvalue weighted by Crippen LogP contribution is 2.02. The summed E-state index contributed by atoms with van der Waals surface area (Å²) in [7, 11) is 0. The molecule has 1 nitrogen and oxygen atoms in total. The van der Waals surface area contributed by atoms with E-state index in [1.165, 1.54) is 12.8 Å². The predicted molar refractivity (Wildman–Crippen MR) is 46.1 cm³/mol. The van der Waals surface area contributed by atoms with E-state index in [0.717, 1.165) is 12.7 Å². The summed E-state index contributed by atoms with van der Waals surface area (Å²) in [4.78, 5) is 10.0. The van der Waals surface area contributed by atoms with Crippen LogP contribution in [0.2, 0.25) is 0 Å². The van der Waals surface area contributed by atoms with Crippen molar-refractivity contribution in [1.82, 2.24) is 0 Å². The summed E-state index contributed by atoms with van der Waals surface area (Å²) < 4.78 is 0. The maximum absolute atomic E-state index is 10.0. The van der Waals surface area contributed by atoms with E-state index >= 15 is 0 Å². The average molecular weight is 144 g/mol. The van der Waals surface area contributed by atoms with E-state index in [2.05, 4.69) is 6.92 Å². The molecule has 62 valence electrons. The molecule has 0 spiro atoms. The van der Waals surface area contributed by atoms with E-state index in [1.54, 1.807) is 0 Å². The van der Waals surface area contributed by atoms with Crippen molar-refractivity contribution < 1.29 is 4.79 Å². The Labute approximate surface area is 64.8 Å². The first-order valence-corrected chi connectivity index (χ1v) is 4.26. The zero-order chi connectivity index (χ0) is 8.41. The van der Waals surface area contributed by atoms with Crippen molar-refractivity contribution in [3.63, 3.8) is 0 Å². The summed E-state index contributed by atoms with van der Waals surface area (Å²) in [5, 5.41) is 0. The zero-order valence-electron chi connectivity index (χ0n) is 7.68. The molecular weight excluding hydrogens is 124 g/mol. The molecular formula is C9H20O. The van der Waals surface area contributed by atoms with Gasteiger partial charge in [0.2, 0.25) is 0 Å². The highest BCUT2D eigenvalue weighted by Gasteiger charge is 1.95. The number of unbranched alkanes of at least 4 members (excludes halogenated alkanes) is 1. The monoisotopic (exact) mass is 144 g/mol. The molecule has 0 aliphatic heterocycles. The molecule has 0 saturated heterocycles. The molecule has 1 atom stereocenters. The smallest absolute Gasteiger partial charge is 0.122 e. The Morgan fingerprint density at radius 1 is 1.40 bits per heavy atom. The summed E-state index contributed by atoms with van der Waals surface area (Å²) in [5.41, 5.74) is 0. The maximum atomic E-state index is 10.0. The summed E-state index contributed by atoms with van der Waals surface area (Å²) >= 11 is 0. The fourth-order valence-corrected chi connectivity index (χ4v) is 0.594. The average Bonchev–Trinajstić information content (AvgIpc) is 2.04. The fraction of sp³-hybridized carbons (Fsp3) is 0.889. The first-order chi connectivity index (χ1) is 4.81. The number of hydrogen-bond donors (Lipinski definition) is 0. The van der Waals surface area contributed by atoms with Crippen LogP contribution in [-0.2, 0) is 4.79 Å². The molecule has 10 heavy (non-hydrogen) atoms. The maximum Gasteiger partial charge on any atom is 0.122 e.